The number of aliphatic hydroxyl groups is 1. The molecular formula is C71H124N12O14. The number of carbonyl (C=O) groups is 12. The Morgan fingerprint density at radius 2 is 1.07 bits per heavy atom. The number of likely N-dealkylation sites (N-methyl/N-ethyl adjacent to an activating group) is 6. The van der Waals surface area contributed by atoms with E-state index in [0.717, 1.165) is 38.5 Å². The number of likely N-dealkylation sites (tertiary alicyclic amines) is 1. The number of rotatable bonds is 14. The lowest BCUT2D eigenvalue weighted by Crippen LogP contribution is -2.62. The zero-order valence-corrected chi connectivity index (χ0v) is 62.3. The molecule has 97 heavy (non-hydrogen) atoms. The van der Waals surface area contributed by atoms with Crippen molar-refractivity contribution in [1.29, 1.82) is 0 Å². The minimum Gasteiger partial charge on any atom is -0.393 e. The molecule has 2 heterocycles. The van der Waals surface area contributed by atoms with E-state index in [2.05, 4.69) is 26.6 Å². The molecule has 0 aromatic rings. The van der Waals surface area contributed by atoms with Crippen molar-refractivity contribution in [1.82, 2.24) is 60.9 Å². The van der Waals surface area contributed by atoms with Gasteiger partial charge in [0, 0.05) is 55.4 Å². The lowest BCUT2D eigenvalue weighted by Gasteiger charge is -2.39. The van der Waals surface area contributed by atoms with Crippen LogP contribution in [-0.2, 0) is 62.3 Å². The number of hydrogen-bond donors (Lipinski definition) is 6. The summed E-state index contributed by atoms with van der Waals surface area (Å²) in [7, 11) is 8.64. The van der Waals surface area contributed by atoms with Crippen LogP contribution in [0.15, 0.2) is 0 Å². The van der Waals surface area contributed by atoms with Crippen molar-refractivity contribution in [2.24, 2.45) is 35.5 Å². The lowest BCUT2D eigenvalue weighted by atomic mass is 9.83. The number of nitrogens with zero attached hydrogens (tertiary/aromatic N) is 7. The monoisotopic (exact) mass is 1370 g/mol. The maximum Gasteiger partial charge on any atom is 0.247 e. The second-order valence-electron chi connectivity index (χ2n) is 30.7. The number of ether oxygens (including phenoxy) is 1. The van der Waals surface area contributed by atoms with Crippen molar-refractivity contribution in [3.63, 3.8) is 0 Å². The number of carbonyl (C=O) groups excluding carboxylic acids is 12. The van der Waals surface area contributed by atoms with Gasteiger partial charge in [0.05, 0.1) is 31.3 Å². The summed E-state index contributed by atoms with van der Waals surface area (Å²) in [5.41, 5.74) is -0.820. The Bertz CT molecular complexity index is 2690. The molecule has 4 aliphatic rings. The Hall–Kier alpha value is -6.44. The highest BCUT2D eigenvalue weighted by Gasteiger charge is 2.44. The molecule has 552 valence electrons. The maximum absolute atomic E-state index is 15.5. The summed E-state index contributed by atoms with van der Waals surface area (Å²) in [5.74, 6) is -9.46. The molecule has 12 amide bonds. The minimum absolute atomic E-state index is 0.00516. The molecule has 2 aliphatic heterocycles. The fourth-order valence-electron chi connectivity index (χ4n) is 13.8. The molecule has 0 spiro atoms. The summed E-state index contributed by atoms with van der Waals surface area (Å²) in [6, 6.07) is -12.6. The summed E-state index contributed by atoms with van der Waals surface area (Å²) in [6.07, 6.45) is 8.63. The SMILES string of the molecule is CC[C@H](C)[C@@H]1NC(=O)[C@H](CC(C)C)N(C)C(=O)[C@@H](C)NC(=O)C[C@@H](C(=O)N2CCCCC2)NC(=O)[C@H](C(C)C)N(C)C(=O)[C@H](CC2CCCCC2)N(C)C(=O)[C@H](COC(C)(C)C)NC(=O)[C@H](CC(C)C)N(C)C(=O)CN(C)C(=O)[C@H](CC2CCC(O)CC2)NC(=O)[C@H](C)N(C)C1=O. The lowest BCUT2D eigenvalue weighted by molar-refractivity contribution is -0.152. The topological polar surface area (TPSA) is 317 Å². The Labute approximate surface area is 578 Å². The van der Waals surface area contributed by atoms with Gasteiger partial charge in [0.1, 0.15) is 60.4 Å². The normalized spacial score (nSPS) is 29.2. The van der Waals surface area contributed by atoms with Crippen molar-refractivity contribution in [2.75, 3.05) is 68.5 Å². The number of piperidine rings is 1. The third-order valence-corrected chi connectivity index (χ3v) is 20.3. The van der Waals surface area contributed by atoms with Gasteiger partial charge in [-0.1, -0.05) is 93.9 Å². The van der Waals surface area contributed by atoms with Crippen LogP contribution in [0.3, 0.4) is 0 Å². The van der Waals surface area contributed by atoms with Crippen LogP contribution in [0, 0.1) is 35.5 Å². The summed E-state index contributed by atoms with van der Waals surface area (Å²) >= 11 is 0. The average Bonchev–Trinajstić information content (AvgIpc) is 0.832. The van der Waals surface area contributed by atoms with E-state index in [1.54, 1.807) is 46.4 Å². The van der Waals surface area contributed by atoms with E-state index in [4.69, 9.17) is 4.74 Å². The number of amides is 12. The first-order valence-electron chi connectivity index (χ1n) is 36.0. The predicted molar refractivity (Wildman–Crippen MR) is 369 cm³/mol. The molecular weight excluding hydrogens is 1240 g/mol. The van der Waals surface area contributed by atoms with Crippen molar-refractivity contribution in [3.05, 3.63) is 0 Å². The van der Waals surface area contributed by atoms with Crippen LogP contribution in [0.5, 0.6) is 0 Å². The fourth-order valence-corrected chi connectivity index (χ4v) is 13.8. The molecule has 0 bridgehead atoms. The predicted octanol–water partition coefficient (Wildman–Crippen LogP) is 3.98. The molecule has 2 saturated carbocycles. The van der Waals surface area contributed by atoms with E-state index >= 15 is 19.2 Å². The fraction of sp³-hybridized carbons (Fsp3) is 0.831. The molecule has 6 N–H and O–H groups in total. The largest absolute Gasteiger partial charge is 0.393 e. The van der Waals surface area contributed by atoms with E-state index in [-0.39, 0.29) is 56.0 Å². The minimum atomic E-state index is -1.45. The molecule has 0 unspecified atom stereocenters. The quantitative estimate of drug-likeness (QED) is 0.143. The molecule has 4 rings (SSSR count). The Morgan fingerprint density at radius 3 is 1.62 bits per heavy atom. The average molecular weight is 1370 g/mol. The molecule has 0 aromatic heterocycles. The van der Waals surface area contributed by atoms with Gasteiger partial charge in [-0.15, -0.1) is 0 Å². The van der Waals surface area contributed by atoms with Gasteiger partial charge in [-0.25, -0.2) is 0 Å². The second-order valence-corrected chi connectivity index (χ2v) is 30.7. The Balaban J connectivity index is 1.91. The Morgan fingerprint density at radius 1 is 0.546 bits per heavy atom. The van der Waals surface area contributed by atoms with Gasteiger partial charge in [0.25, 0.3) is 0 Å². The van der Waals surface area contributed by atoms with Gasteiger partial charge >= 0.3 is 0 Å². The molecule has 26 heteroatoms. The van der Waals surface area contributed by atoms with Crippen LogP contribution in [-0.4, -0.2) is 251 Å². The van der Waals surface area contributed by atoms with E-state index in [1.807, 2.05) is 34.6 Å². The number of aliphatic hydroxyl groups excluding tert-OH is 1. The van der Waals surface area contributed by atoms with Gasteiger partial charge < -0.3 is 70.7 Å². The maximum atomic E-state index is 15.5. The second kappa shape index (κ2) is 38.2. The molecule has 2 saturated heterocycles. The highest BCUT2D eigenvalue weighted by molar-refractivity contribution is 6.00. The molecule has 0 aromatic carbocycles. The van der Waals surface area contributed by atoms with E-state index in [9.17, 15) is 43.5 Å². The van der Waals surface area contributed by atoms with Crippen LogP contribution in [0.2, 0.25) is 0 Å². The first kappa shape index (κ1) is 83.0. The molecule has 2 aliphatic carbocycles. The third kappa shape index (κ3) is 24.5. The van der Waals surface area contributed by atoms with E-state index in [1.165, 1.54) is 85.5 Å². The summed E-state index contributed by atoms with van der Waals surface area (Å²) in [5, 5.41) is 24.7. The zero-order valence-electron chi connectivity index (χ0n) is 62.3. The smallest absolute Gasteiger partial charge is 0.247 e. The van der Waals surface area contributed by atoms with Crippen LogP contribution in [0.25, 0.3) is 0 Å². The zero-order chi connectivity index (χ0) is 73.1. The van der Waals surface area contributed by atoms with E-state index < -0.39 is 168 Å². The number of nitrogens with one attached hydrogen (secondary N) is 5. The third-order valence-electron chi connectivity index (χ3n) is 20.3. The standard InChI is InChI=1S/C71H124N12O14/c1-20-45(8)59-70(96)78(15)47(10)61(87)73-51(37-49-29-31-50(84)32-30-49)66(92)77(14)40-58(86)79(16)54(35-42(2)3)62(88)75-53(41-97-71(11,12)13)67(93)81(18)56(38-48-27-23-21-24-28-48)69(95)82(19)60(44(6)7)64(90)74-52(68(94)83-33-25-22-26-34-83)39-57(85)72-46(9)65(91)80(17)55(36-43(4)5)63(89)76-59/h42-56,59-60,84H,20-41H2,1-19H3,(H,72,85)(H,73,87)(H,74,90)(H,75,88)(H,76,89)/t45-,46+,47-,49?,50?,51-,52-,53-,54-,55-,56-,59-,60-/m0/s1. The highest BCUT2D eigenvalue weighted by Crippen LogP contribution is 2.32. The van der Waals surface area contributed by atoms with Crippen molar-refractivity contribution >= 4 is 70.9 Å². The Kier molecular flexibility index (Phi) is 32.7. The first-order valence-corrected chi connectivity index (χ1v) is 36.0. The van der Waals surface area contributed by atoms with Gasteiger partial charge in [-0.2, -0.15) is 0 Å². The summed E-state index contributed by atoms with van der Waals surface area (Å²) < 4.78 is 6.23. The highest BCUT2D eigenvalue weighted by atomic mass is 16.5. The van der Waals surface area contributed by atoms with Crippen molar-refractivity contribution < 1.29 is 67.4 Å². The van der Waals surface area contributed by atoms with Gasteiger partial charge in [0.2, 0.25) is 70.9 Å². The first-order chi connectivity index (χ1) is 45.3. The number of hydrogen-bond acceptors (Lipinski definition) is 14. The van der Waals surface area contributed by atoms with E-state index in [0.29, 0.717) is 58.0 Å². The van der Waals surface area contributed by atoms with Crippen LogP contribution in [0.4, 0.5) is 0 Å². The molecule has 26 nitrogen and oxygen atoms in total. The van der Waals surface area contributed by atoms with Crippen molar-refractivity contribution in [3.8, 4) is 0 Å². The van der Waals surface area contributed by atoms with Gasteiger partial charge in [-0.3, -0.25) is 57.5 Å². The van der Waals surface area contributed by atoms with Crippen LogP contribution >= 0.6 is 0 Å². The summed E-state index contributed by atoms with van der Waals surface area (Å²) in [6.45, 7) is 22.7. The molecule has 11 atom stereocenters. The summed E-state index contributed by atoms with van der Waals surface area (Å²) in [4.78, 5) is 187. The van der Waals surface area contributed by atoms with Gasteiger partial charge in [-0.05, 0) is 141 Å². The van der Waals surface area contributed by atoms with Crippen LogP contribution < -0.4 is 26.6 Å². The van der Waals surface area contributed by atoms with Crippen molar-refractivity contribution in [2.45, 2.75) is 278 Å². The van der Waals surface area contributed by atoms with Gasteiger partial charge in [0.15, 0.2) is 0 Å². The molecule has 4 fully saturated rings. The van der Waals surface area contributed by atoms with Crippen LogP contribution in [0.1, 0.15) is 206 Å². The molecule has 0 radical (unpaired) electrons.